The summed E-state index contributed by atoms with van der Waals surface area (Å²) in [6, 6.07) is 8.72. The van der Waals surface area contributed by atoms with Crippen molar-refractivity contribution < 1.29 is 14.7 Å². The van der Waals surface area contributed by atoms with Crippen molar-refractivity contribution in [2.24, 2.45) is 11.8 Å². The van der Waals surface area contributed by atoms with Crippen LogP contribution in [0.2, 0.25) is 0 Å². The molecule has 0 spiro atoms. The summed E-state index contributed by atoms with van der Waals surface area (Å²) >= 11 is 0. The number of aliphatic carboxylic acids is 1. The Bertz CT molecular complexity index is 761. The number of hydrogen-bond acceptors (Lipinski definition) is 5. The first-order chi connectivity index (χ1) is 13.1. The second-order valence-electron chi connectivity index (χ2n) is 6.85. The maximum atomic E-state index is 12.8. The lowest BCUT2D eigenvalue weighted by molar-refractivity contribution is -0.142. The van der Waals surface area contributed by atoms with Gasteiger partial charge in [0.1, 0.15) is 5.82 Å². The molecule has 1 saturated heterocycles. The first kappa shape index (κ1) is 18.8. The summed E-state index contributed by atoms with van der Waals surface area (Å²) in [7, 11) is 0. The van der Waals surface area contributed by atoms with E-state index in [2.05, 4.69) is 20.2 Å². The van der Waals surface area contributed by atoms with Gasteiger partial charge >= 0.3 is 5.97 Å². The van der Waals surface area contributed by atoms with Crippen LogP contribution in [0.4, 0.5) is 5.82 Å². The lowest BCUT2D eigenvalue weighted by Crippen LogP contribution is -2.43. The fraction of sp³-hybridized carbons (Fsp3) is 0.400. The molecule has 3 rings (SSSR count). The van der Waals surface area contributed by atoms with E-state index < -0.39 is 17.9 Å². The molecule has 1 aromatic carbocycles. The summed E-state index contributed by atoms with van der Waals surface area (Å²) < 4.78 is 0. The van der Waals surface area contributed by atoms with Crippen molar-refractivity contribution in [2.75, 3.05) is 18.0 Å². The number of nitrogens with zero attached hydrogens (tertiary/aromatic N) is 3. The zero-order valence-electron chi connectivity index (χ0n) is 15.3. The predicted molar refractivity (Wildman–Crippen MR) is 101 cm³/mol. The number of carboxylic acid groups (broad SMARTS) is 1. The number of carbonyl (C=O) groups is 2. The van der Waals surface area contributed by atoms with Crippen LogP contribution >= 0.6 is 0 Å². The van der Waals surface area contributed by atoms with Crippen LogP contribution in [0.1, 0.15) is 31.4 Å². The SMILES string of the molecule is CC(C(=O)O)C(NC(=O)C1CCN(c2cnccn2)CC1)c1ccccc1. The van der Waals surface area contributed by atoms with Gasteiger partial charge in [0.25, 0.3) is 0 Å². The number of hydrogen-bond donors (Lipinski definition) is 2. The summed E-state index contributed by atoms with van der Waals surface area (Å²) in [5, 5.41) is 12.4. The highest BCUT2D eigenvalue weighted by molar-refractivity contribution is 5.80. The predicted octanol–water partition coefficient (Wildman–Crippen LogP) is 2.27. The quantitative estimate of drug-likeness (QED) is 0.812. The third kappa shape index (κ3) is 4.61. The Kier molecular flexibility index (Phi) is 6.01. The third-order valence-corrected chi connectivity index (χ3v) is 5.09. The summed E-state index contributed by atoms with van der Waals surface area (Å²) in [6.45, 7) is 3.07. The van der Waals surface area contributed by atoms with E-state index in [0.717, 1.165) is 24.5 Å². The van der Waals surface area contributed by atoms with Crippen LogP contribution in [-0.4, -0.2) is 40.0 Å². The van der Waals surface area contributed by atoms with Crippen LogP contribution in [0.5, 0.6) is 0 Å². The first-order valence-corrected chi connectivity index (χ1v) is 9.15. The molecule has 1 fully saturated rings. The number of amides is 1. The van der Waals surface area contributed by atoms with Crippen molar-refractivity contribution >= 4 is 17.7 Å². The number of anilines is 1. The molecule has 1 aliphatic rings. The molecule has 7 heteroatoms. The normalized spacial score (nSPS) is 17.1. The second-order valence-corrected chi connectivity index (χ2v) is 6.85. The van der Waals surface area contributed by atoms with Gasteiger partial charge in [0.15, 0.2) is 0 Å². The zero-order valence-corrected chi connectivity index (χ0v) is 15.3. The first-order valence-electron chi connectivity index (χ1n) is 9.15. The van der Waals surface area contributed by atoms with Crippen molar-refractivity contribution in [1.82, 2.24) is 15.3 Å². The lowest BCUT2D eigenvalue weighted by atomic mass is 9.91. The van der Waals surface area contributed by atoms with Gasteiger partial charge in [-0.1, -0.05) is 30.3 Å². The van der Waals surface area contributed by atoms with Gasteiger partial charge in [0, 0.05) is 31.4 Å². The highest BCUT2D eigenvalue weighted by Gasteiger charge is 2.31. The van der Waals surface area contributed by atoms with Gasteiger partial charge in [-0.05, 0) is 25.3 Å². The molecule has 2 heterocycles. The highest BCUT2D eigenvalue weighted by atomic mass is 16.4. The molecule has 142 valence electrons. The summed E-state index contributed by atoms with van der Waals surface area (Å²) in [5.41, 5.74) is 0.803. The van der Waals surface area contributed by atoms with Crippen molar-refractivity contribution in [3.8, 4) is 0 Å². The van der Waals surface area contributed by atoms with Gasteiger partial charge < -0.3 is 15.3 Å². The minimum Gasteiger partial charge on any atom is -0.481 e. The van der Waals surface area contributed by atoms with Crippen LogP contribution in [-0.2, 0) is 9.59 Å². The molecule has 1 aromatic heterocycles. The Morgan fingerprint density at radius 1 is 1.19 bits per heavy atom. The molecule has 2 N–H and O–H groups in total. The van der Waals surface area contributed by atoms with Gasteiger partial charge in [-0.3, -0.25) is 14.6 Å². The Hall–Kier alpha value is -2.96. The molecule has 2 unspecified atom stereocenters. The van der Waals surface area contributed by atoms with E-state index in [1.54, 1.807) is 25.5 Å². The van der Waals surface area contributed by atoms with Gasteiger partial charge in [-0.15, -0.1) is 0 Å². The minimum absolute atomic E-state index is 0.0873. The summed E-state index contributed by atoms with van der Waals surface area (Å²) in [4.78, 5) is 34.8. The Balaban J connectivity index is 1.64. The largest absolute Gasteiger partial charge is 0.481 e. The van der Waals surface area contributed by atoms with Gasteiger partial charge in [-0.25, -0.2) is 4.98 Å². The molecule has 7 nitrogen and oxygen atoms in total. The molecule has 0 bridgehead atoms. The van der Waals surface area contributed by atoms with Gasteiger partial charge in [0.05, 0.1) is 18.2 Å². The maximum absolute atomic E-state index is 12.8. The van der Waals surface area contributed by atoms with Crippen LogP contribution in [0.25, 0.3) is 0 Å². The second kappa shape index (κ2) is 8.62. The Morgan fingerprint density at radius 3 is 2.48 bits per heavy atom. The topological polar surface area (TPSA) is 95.4 Å². The highest BCUT2D eigenvalue weighted by Crippen LogP contribution is 2.26. The van der Waals surface area contributed by atoms with Crippen LogP contribution in [0.15, 0.2) is 48.9 Å². The number of carbonyl (C=O) groups excluding carboxylic acids is 1. The van der Waals surface area contributed by atoms with E-state index in [0.29, 0.717) is 12.8 Å². The van der Waals surface area contributed by atoms with E-state index in [9.17, 15) is 14.7 Å². The van der Waals surface area contributed by atoms with Crippen molar-refractivity contribution in [2.45, 2.75) is 25.8 Å². The van der Waals surface area contributed by atoms with Crippen LogP contribution in [0, 0.1) is 11.8 Å². The molecule has 2 atom stereocenters. The summed E-state index contributed by atoms with van der Waals surface area (Å²) in [5.74, 6) is -1.04. The Labute approximate surface area is 158 Å². The maximum Gasteiger partial charge on any atom is 0.308 e. The van der Waals surface area contributed by atoms with Crippen molar-refractivity contribution in [1.29, 1.82) is 0 Å². The molecule has 1 aliphatic heterocycles. The number of rotatable bonds is 6. The smallest absolute Gasteiger partial charge is 0.308 e. The lowest BCUT2D eigenvalue weighted by Gasteiger charge is -2.33. The molecule has 0 radical (unpaired) electrons. The fourth-order valence-electron chi connectivity index (χ4n) is 3.40. The van der Waals surface area contributed by atoms with Gasteiger partial charge in [-0.2, -0.15) is 0 Å². The monoisotopic (exact) mass is 368 g/mol. The zero-order chi connectivity index (χ0) is 19.2. The number of carboxylic acids is 1. The molecule has 1 amide bonds. The third-order valence-electron chi connectivity index (χ3n) is 5.09. The van der Waals surface area contributed by atoms with E-state index in [-0.39, 0.29) is 11.8 Å². The van der Waals surface area contributed by atoms with Gasteiger partial charge in [0.2, 0.25) is 5.91 Å². The number of benzene rings is 1. The van der Waals surface area contributed by atoms with E-state index in [1.807, 2.05) is 30.3 Å². The van der Waals surface area contributed by atoms with Crippen LogP contribution in [0.3, 0.4) is 0 Å². The fourth-order valence-corrected chi connectivity index (χ4v) is 3.40. The average Bonchev–Trinajstić information content (AvgIpc) is 2.72. The van der Waals surface area contributed by atoms with Crippen molar-refractivity contribution in [3.63, 3.8) is 0 Å². The molecule has 27 heavy (non-hydrogen) atoms. The number of aromatic nitrogens is 2. The molecule has 0 saturated carbocycles. The molecule has 2 aromatic rings. The standard InChI is InChI=1S/C20H24N4O3/c1-14(20(26)27)18(15-5-3-2-4-6-15)23-19(25)16-7-11-24(12-8-16)17-13-21-9-10-22-17/h2-6,9-10,13-14,16,18H,7-8,11-12H2,1H3,(H,23,25)(H,26,27). The summed E-state index contributed by atoms with van der Waals surface area (Å²) in [6.07, 6.45) is 6.42. The van der Waals surface area contributed by atoms with Crippen LogP contribution < -0.4 is 10.2 Å². The minimum atomic E-state index is -0.929. The van der Waals surface area contributed by atoms with E-state index in [1.165, 1.54) is 0 Å². The van der Waals surface area contributed by atoms with E-state index >= 15 is 0 Å². The molecule has 0 aliphatic carbocycles. The number of nitrogens with one attached hydrogen (secondary N) is 1. The average molecular weight is 368 g/mol. The number of piperidine rings is 1. The molecular weight excluding hydrogens is 344 g/mol. The van der Waals surface area contributed by atoms with E-state index in [4.69, 9.17) is 0 Å². The van der Waals surface area contributed by atoms with Crippen molar-refractivity contribution in [3.05, 3.63) is 54.5 Å². The Morgan fingerprint density at radius 2 is 1.89 bits per heavy atom. The molecular formula is C20H24N4O3.